The van der Waals surface area contributed by atoms with Gasteiger partial charge in [-0.25, -0.2) is 0 Å². The lowest BCUT2D eigenvalue weighted by Crippen LogP contribution is -2.35. The second kappa shape index (κ2) is 14.1. The summed E-state index contributed by atoms with van der Waals surface area (Å²) in [7, 11) is 2.15. The molecule has 4 unspecified atom stereocenters. The number of aliphatic hydroxyl groups is 1. The van der Waals surface area contributed by atoms with Crippen LogP contribution in [0.15, 0.2) is 90.7 Å². The minimum Gasteiger partial charge on any atom is -0.396 e. The Bertz CT molecular complexity index is 954. The molecule has 0 aliphatic carbocycles. The first kappa shape index (κ1) is 27.1. The van der Waals surface area contributed by atoms with Gasteiger partial charge in [0, 0.05) is 30.7 Å². The molecule has 1 aromatic carbocycles. The molecule has 1 aromatic heterocycles. The van der Waals surface area contributed by atoms with E-state index in [-0.39, 0.29) is 18.6 Å². The van der Waals surface area contributed by atoms with Gasteiger partial charge in [-0.3, -0.25) is 9.88 Å². The van der Waals surface area contributed by atoms with Gasteiger partial charge < -0.3 is 10.4 Å². The molecule has 35 heavy (non-hydrogen) atoms. The van der Waals surface area contributed by atoms with E-state index in [1.807, 2.05) is 18.3 Å². The Morgan fingerprint density at radius 3 is 2.57 bits per heavy atom. The summed E-state index contributed by atoms with van der Waals surface area (Å²) in [4.78, 5) is 6.89. The first-order chi connectivity index (χ1) is 17.0. The van der Waals surface area contributed by atoms with Crippen molar-refractivity contribution < 1.29 is 5.11 Å². The highest BCUT2D eigenvalue weighted by molar-refractivity contribution is 5.29. The van der Waals surface area contributed by atoms with E-state index in [4.69, 9.17) is 0 Å². The molecule has 0 spiro atoms. The summed E-state index contributed by atoms with van der Waals surface area (Å²) in [5, 5.41) is 13.9. The number of benzene rings is 1. The van der Waals surface area contributed by atoms with Crippen LogP contribution in [0.25, 0.3) is 0 Å². The zero-order valence-corrected chi connectivity index (χ0v) is 21.7. The van der Waals surface area contributed by atoms with E-state index in [9.17, 15) is 5.11 Å². The molecule has 2 N–H and O–H groups in total. The number of aromatic nitrogens is 1. The Morgan fingerprint density at radius 2 is 1.91 bits per heavy atom. The van der Waals surface area contributed by atoms with Crippen molar-refractivity contribution in [2.75, 3.05) is 20.2 Å². The summed E-state index contributed by atoms with van der Waals surface area (Å²) in [6.45, 7) is 9.71. The molecule has 188 valence electrons. The van der Waals surface area contributed by atoms with Gasteiger partial charge >= 0.3 is 0 Å². The lowest BCUT2D eigenvalue weighted by atomic mass is 9.91. The number of pyridine rings is 1. The molecule has 4 atom stereocenters. The van der Waals surface area contributed by atoms with Gasteiger partial charge in [0.15, 0.2) is 0 Å². The van der Waals surface area contributed by atoms with E-state index >= 15 is 0 Å². The number of aliphatic hydroxyl groups excluding tert-OH is 1. The summed E-state index contributed by atoms with van der Waals surface area (Å²) in [5.41, 5.74) is 4.78. The van der Waals surface area contributed by atoms with Crippen LogP contribution in [0.3, 0.4) is 0 Å². The molecule has 0 amide bonds. The first-order valence-corrected chi connectivity index (χ1v) is 13.1. The van der Waals surface area contributed by atoms with Crippen LogP contribution in [0.4, 0.5) is 0 Å². The molecule has 3 rings (SSSR count). The standard InChI is InChI=1S/C31H43N3O/c1-5-12-25(17-16-24(3)22-34(4)31(6-2)30-15-10-11-20-32-30)21-27-18-19-29(33-27)28(23-35)26-13-8-7-9-14-26/h7-17,20,27-29,31,33,35H,3,5-6,18-19,21-23H2,1-2,4H3. The van der Waals surface area contributed by atoms with Crippen molar-refractivity contribution in [3.8, 4) is 0 Å². The fraction of sp³-hybridized carbons (Fsp3) is 0.452. The SMILES string of the molecule is C=C(C=CC(=CCC)CC1CCC(C(CO)c2ccccc2)N1)CN(C)C(CC)c1ccccn1. The van der Waals surface area contributed by atoms with Crippen LogP contribution in [0, 0.1) is 0 Å². The predicted octanol–water partition coefficient (Wildman–Crippen LogP) is 6.20. The molecule has 2 aromatic rings. The summed E-state index contributed by atoms with van der Waals surface area (Å²) < 4.78 is 0. The van der Waals surface area contributed by atoms with Crippen LogP contribution >= 0.6 is 0 Å². The van der Waals surface area contributed by atoms with Crippen molar-refractivity contribution in [2.45, 2.75) is 70.0 Å². The largest absolute Gasteiger partial charge is 0.396 e. The van der Waals surface area contributed by atoms with Crippen molar-refractivity contribution in [3.05, 3.63) is 102 Å². The third-order valence-corrected chi connectivity index (χ3v) is 7.07. The second-order valence-corrected chi connectivity index (χ2v) is 9.72. The molecule has 1 aliphatic heterocycles. The van der Waals surface area contributed by atoms with Crippen LogP contribution in [0.5, 0.6) is 0 Å². The molecule has 0 radical (unpaired) electrons. The smallest absolute Gasteiger partial charge is 0.0575 e. The lowest BCUT2D eigenvalue weighted by Gasteiger charge is -2.27. The molecular weight excluding hydrogens is 430 g/mol. The molecule has 4 heteroatoms. The van der Waals surface area contributed by atoms with Crippen molar-refractivity contribution in [3.63, 3.8) is 0 Å². The average Bonchev–Trinajstić information content (AvgIpc) is 3.33. The second-order valence-electron chi connectivity index (χ2n) is 9.72. The molecule has 0 bridgehead atoms. The van der Waals surface area contributed by atoms with Crippen molar-refractivity contribution in [2.24, 2.45) is 0 Å². The topological polar surface area (TPSA) is 48.4 Å². The Hall–Kier alpha value is -2.53. The Kier molecular flexibility index (Phi) is 10.9. The van der Waals surface area contributed by atoms with Gasteiger partial charge in [-0.05, 0) is 62.4 Å². The number of rotatable bonds is 13. The van der Waals surface area contributed by atoms with E-state index in [0.717, 1.165) is 49.9 Å². The maximum absolute atomic E-state index is 10.1. The fourth-order valence-corrected chi connectivity index (χ4v) is 5.29. The van der Waals surface area contributed by atoms with Crippen LogP contribution < -0.4 is 5.32 Å². The molecule has 0 saturated carbocycles. The number of allylic oxidation sites excluding steroid dienone is 2. The summed E-state index contributed by atoms with van der Waals surface area (Å²) >= 11 is 0. The fourth-order valence-electron chi connectivity index (χ4n) is 5.29. The highest BCUT2D eigenvalue weighted by Gasteiger charge is 2.30. The van der Waals surface area contributed by atoms with Crippen LogP contribution in [-0.4, -0.2) is 47.3 Å². The van der Waals surface area contributed by atoms with Crippen molar-refractivity contribution in [1.82, 2.24) is 15.2 Å². The van der Waals surface area contributed by atoms with Gasteiger partial charge in [0.1, 0.15) is 0 Å². The third kappa shape index (κ3) is 7.99. The van der Waals surface area contributed by atoms with Crippen LogP contribution in [0.1, 0.15) is 69.2 Å². The van der Waals surface area contributed by atoms with E-state index in [0.29, 0.717) is 12.1 Å². The monoisotopic (exact) mass is 473 g/mol. The molecule has 2 heterocycles. The molecular formula is C31H43N3O. The Balaban J connectivity index is 1.55. The van der Waals surface area contributed by atoms with Crippen molar-refractivity contribution >= 4 is 0 Å². The number of hydrogen-bond acceptors (Lipinski definition) is 4. The highest BCUT2D eigenvalue weighted by atomic mass is 16.3. The minimum absolute atomic E-state index is 0.149. The molecule has 4 nitrogen and oxygen atoms in total. The normalized spacial score (nSPS) is 20.4. The third-order valence-electron chi connectivity index (χ3n) is 7.07. The zero-order valence-electron chi connectivity index (χ0n) is 21.7. The average molecular weight is 474 g/mol. The van der Waals surface area contributed by atoms with E-state index in [1.54, 1.807) is 0 Å². The van der Waals surface area contributed by atoms with Crippen LogP contribution in [-0.2, 0) is 0 Å². The van der Waals surface area contributed by atoms with E-state index in [2.05, 4.69) is 97.3 Å². The van der Waals surface area contributed by atoms with Gasteiger partial charge in [0.05, 0.1) is 18.3 Å². The molecule has 1 saturated heterocycles. The Labute approximate surface area is 212 Å². The number of nitrogens with zero attached hydrogens (tertiary/aromatic N) is 2. The number of likely N-dealkylation sites (N-methyl/N-ethyl adjacent to an activating group) is 1. The van der Waals surface area contributed by atoms with Gasteiger partial charge in [0.25, 0.3) is 0 Å². The first-order valence-electron chi connectivity index (χ1n) is 13.1. The number of nitrogens with one attached hydrogen (secondary N) is 1. The lowest BCUT2D eigenvalue weighted by molar-refractivity contribution is 0.239. The van der Waals surface area contributed by atoms with Gasteiger partial charge in [-0.15, -0.1) is 0 Å². The quantitative estimate of drug-likeness (QED) is 0.340. The number of hydrogen-bond donors (Lipinski definition) is 2. The van der Waals surface area contributed by atoms with Crippen molar-refractivity contribution in [1.29, 1.82) is 0 Å². The van der Waals surface area contributed by atoms with Gasteiger partial charge in [-0.2, -0.15) is 0 Å². The summed E-state index contributed by atoms with van der Waals surface area (Å²) in [5.74, 6) is 0.149. The predicted molar refractivity (Wildman–Crippen MR) is 147 cm³/mol. The summed E-state index contributed by atoms with van der Waals surface area (Å²) in [6, 6.07) is 17.6. The molecule has 1 aliphatic rings. The Morgan fingerprint density at radius 1 is 1.14 bits per heavy atom. The van der Waals surface area contributed by atoms with E-state index < -0.39 is 0 Å². The summed E-state index contributed by atoms with van der Waals surface area (Å²) in [6.07, 6.45) is 13.9. The van der Waals surface area contributed by atoms with Gasteiger partial charge in [-0.1, -0.05) is 80.6 Å². The van der Waals surface area contributed by atoms with Crippen LogP contribution in [0.2, 0.25) is 0 Å². The maximum atomic E-state index is 10.1. The minimum atomic E-state index is 0.149. The zero-order chi connectivity index (χ0) is 25.0. The maximum Gasteiger partial charge on any atom is 0.0575 e. The highest BCUT2D eigenvalue weighted by Crippen LogP contribution is 2.29. The van der Waals surface area contributed by atoms with Gasteiger partial charge in [0.2, 0.25) is 0 Å². The molecule has 1 fully saturated rings. The van der Waals surface area contributed by atoms with E-state index in [1.165, 1.54) is 11.1 Å².